The number of rotatable bonds is 5. The Labute approximate surface area is 121 Å². The predicted octanol–water partition coefficient (Wildman–Crippen LogP) is 3.52. The van der Waals surface area contributed by atoms with Crippen molar-refractivity contribution in [2.75, 3.05) is 12.4 Å². The number of benzene rings is 1. The first kappa shape index (κ1) is 14.5. The van der Waals surface area contributed by atoms with Gasteiger partial charge in [-0.2, -0.15) is 0 Å². The summed E-state index contributed by atoms with van der Waals surface area (Å²) in [5.74, 6) is -0.458. The van der Waals surface area contributed by atoms with Gasteiger partial charge in [0, 0.05) is 27.5 Å². The van der Waals surface area contributed by atoms with Gasteiger partial charge in [0.2, 0.25) is 0 Å². The molecule has 1 heterocycles. The monoisotopic (exact) mass is 293 g/mol. The van der Waals surface area contributed by atoms with Crippen molar-refractivity contribution in [3.63, 3.8) is 0 Å². The van der Waals surface area contributed by atoms with E-state index in [1.807, 2.05) is 18.2 Å². The van der Waals surface area contributed by atoms with Crippen LogP contribution in [0.2, 0.25) is 0 Å². The highest BCUT2D eigenvalue weighted by atomic mass is 32.1. The fourth-order valence-electron chi connectivity index (χ4n) is 1.81. The van der Waals surface area contributed by atoms with Gasteiger partial charge in [-0.05, 0) is 31.2 Å². The summed E-state index contributed by atoms with van der Waals surface area (Å²) in [6, 6.07) is 8.85. The smallest absolute Gasteiger partial charge is 0.310 e. The van der Waals surface area contributed by atoms with E-state index in [1.54, 1.807) is 24.3 Å². The van der Waals surface area contributed by atoms with Gasteiger partial charge in [-0.3, -0.25) is 4.79 Å². The normalized spacial score (nSPS) is 10.3. The second-order valence-electron chi connectivity index (χ2n) is 4.39. The summed E-state index contributed by atoms with van der Waals surface area (Å²) in [6.07, 6.45) is 0.292. The number of methoxy groups -OCH3 is 1. The van der Waals surface area contributed by atoms with Crippen LogP contribution in [-0.4, -0.2) is 13.1 Å². The molecule has 0 aliphatic carbocycles. The second kappa shape index (κ2) is 6.52. The van der Waals surface area contributed by atoms with Crippen LogP contribution in [0.4, 0.5) is 10.1 Å². The van der Waals surface area contributed by atoms with Crippen LogP contribution in [0.5, 0.6) is 0 Å². The van der Waals surface area contributed by atoms with Gasteiger partial charge in [-0.1, -0.05) is 6.07 Å². The fourth-order valence-corrected chi connectivity index (χ4v) is 2.75. The third-order valence-corrected chi connectivity index (χ3v) is 4.07. The van der Waals surface area contributed by atoms with Crippen molar-refractivity contribution in [2.45, 2.75) is 19.9 Å². The Bertz CT molecular complexity index is 610. The first-order chi connectivity index (χ1) is 9.60. The highest BCUT2D eigenvalue weighted by molar-refractivity contribution is 7.12. The number of nitrogens with one attached hydrogen (secondary N) is 1. The zero-order valence-corrected chi connectivity index (χ0v) is 12.2. The molecule has 0 fully saturated rings. The van der Waals surface area contributed by atoms with Crippen LogP contribution >= 0.6 is 11.3 Å². The Kier molecular flexibility index (Phi) is 4.74. The Morgan fingerprint density at radius 3 is 2.80 bits per heavy atom. The highest BCUT2D eigenvalue weighted by Gasteiger charge is 2.07. The maximum absolute atomic E-state index is 13.4. The molecule has 0 radical (unpaired) electrons. The zero-order chi connectivity index (χ0) is 14.5. The lowest BCUT2D eigenvalue weighted by Crippen LogP contribution is -2.02. The SMILES string of the molecule is COC(=O)Cc1ccc(CNc2cccc(F)c2C)s1. The van der Waals surface area contributed by atoms with E-state index in [9.17, 15) is 9.18 Å². The largest absolute Gasteiger partial charge is 0.469 e. The first-order valence-electron chi connectivity index (χ1n) is 6.23. The van der Waals surface area contributed by atoms with Crippen molar-refractivity contribution in [3.8, 4) is 0 Å². The van der Waals surface area contributed by atoms with Gasteiger partial charge in [0.15, 0.2) is 0 Å². The second-order valence-corrected chi connectivity index (χ2v) is 5.64. The Hall–Kier alpha value is -1.88. The summed E-state index contributed by atoms with van der Waals surface area (Å²) in [5, 5.41) is 3.20. The van der Waals surface area contributed by atoms with Crippen molar-refractivity contribution in [2.24, 2.45) is 0 Å². The van der Waals surface area contributed by atoms with Crippen LogP contribution in [0.3, 0.4) is 0 Å². The van der Waals surface area contributed by atoms with E-state index < -0.39 is 0 Å². The Morgan fingerprint density at radius 1 is 1.30 bits per heavy atom. The van der Waals surface area contributed by atoms with E-state index in [4.69, 9.17) is 0 Å². The maximum atomic E-state index is 13.4. The first-order valence-corrected chi connectivity index (χ1v) is 7.05. The van der Waals surface area contributed by atoms with E-state index in [0.717, 1.165) is 15.4 Å². The molecule has 2 aromatic rings. The summed E-state index contributed by atoms with van der Waals surface area (Å²) in [6.45, 7) is 2.35. The molecule has 20 heavy (non-hydrogen) atoms. The number of anilines is 1. The van der Waals surface area contributed by atoms with Crippen molar-refractivity contribution < 1.29 is 13.9 Å². The molecule has 0 aliphatic rings. The minimum Gasteiger partial charge on any atom is -0.469 e. The molecule has 0 spiro atoms. The summed E-state index contributed by atoms with van der Waals surface area (Å²) in [5.41, 5.74) is 1.40. The van der Waals surface area contributed by atoms with Crippen LogP contribution < -0.4 is 5.32 Å². The molecule has 0 bridgehead atoms. The fraction of sp³-hybridized carbons (Fsp3) is 0.267. The Morgan fingerprint density at radius 2 is 2.05 bits per heavy atom. The van der Waals surface area contributed by atoms with Crippen LogP contribution in [0.1, 0.15) is 15.3 Å². The van der Waals surface area contributed by atoms with Gasteiger partial charge in [0.25, 0.3) is 0 Å². The minimum absolute atomic E-state index is 0.215. The number of esters is 1. The predicted molar refractivity (Wildman–Crippen MR) is 78.5 cm³/mol. The van der Waals surface area contributed by atoms with Crippen LogP contribution in [0.15, 0.2) is 30.3 Å². The molecule has 106 valence electrons. The van der Waals surface area contributed by atoms with Gasteiger partial charge in [-0.25, -0.2) is 4.39 Å². The lowest BCUT2D eigenvalue weighted by atomic mass is 10.2. The van der Waals surface area contributed by atoms with Crippen LogP contribution in [0, 0.1) is 12.7 Å². The van der Waals surface area contributed by atoms with Gasteiger partial charge >= 0.3 is 5.97 Å². The molecule has 0 saturated heterocycles. The average molecular weight is 293 g/mol. The summed E-state index contributed by atoms with van der Waals surface area (Å²) in [7, 11) is 1.38. The summed E-state index contributed by atoms with van der Waals surface area (Å²) >= 11 is 1.55. The van der Waals surface area contributed by atoms with Gasteiger partial charge in [-0.15, -0.1) is 11.3 Å². The number of carbonyl (C=O) groups is 1. The van der Waals surface area contributed by atoms with E-state index in [-0.39, 0.29) is 11.8 Å². The quantitative estimate of drug-likeness (QED) is 0.857. The number of hydrogen-bond donors (Lipinski definition) is 1. The molecule has 1 N–H and O–H groups in total. The number of thiophene rings is 1. The topological polar surface area (TPSA) is 38.3 Å². The molecule has 0 atom stereocenters. The van der Waals surface area contributed by atoms with E-state index >= 15 is 0 Å². The number of hydrogen-bond acceptors (Lipinski definition) is 4. The zero-order valence-electron chi connectivity index (χ0n) is 11.4. The van der Waals surface area contributed by atoms with Crippen molar-refractivity contribution in [3.05, 3.63) is 51.5 Å². The van der Waals surface area contributed by atoms with Crippen molar-refractivity contribution in [1.29, 1.82) is 0 Å². The molecule has 2 rings (SSSR count). The molecule has 0 aliphatic heterocycles. The lowest BCUT2D eigenvalue weighted by molar-refractivity contribution is -0.139. The molecule has 1 aromatic heterocycles. The highest BCUT2D eigenvalue weighted by Crippen LogP contribution is 2.21. The molecular formula is C15H16FNO2S. The summed E-state index contributed by atoms with van der Waals surface area (Å²) in [4.78, 5) is 13.2. The van der Waals surface area contributed by atoms with Crippen molar-refractivity contribution >= 4 is 23.0 Å². The maximum Gasteiger partial charge on any atom is 0.310 e. The van der Waals surface area contributed by atoms with Crippen LogP contribution in [-0.2, 0) is 22.5 Å². The number of carbonyl (C=O) groups excluding carboxylic acids is 1. The third kappa shape index (κ3) is 3.57. The molecular weight excluding hydrogens is 277 g/mol. The summed E-state index contributed by atoms with van der Waals surface area (Å²) < 4.78 is 18.0. The van der Waals surface area contributed by atoms with Gasteiger partial charge < -0.3 is 10.1 Å². The molecule has 5 heteroatoms. The third-order valence-electron chi connectivity index (χ3n) is 2.98. The Balaban J connectivity index is 1.97. The molecule has 0 unspecified atom stereocenters. The average Bonchev–Trinajstić information content (AvgIpc) is 2.88. The molecule has 3 nitrogen and oxygen atoms in total. The molecule has 0 saturated carbocycles. The molecule has 1 aromatic carbocycles. The lowest BCUT2D eigenvalue weighted by Gasteiger charge is -2.08. The van der Waals surface area contributed by atoms with Crippen molar-refractivity contribution in [1.82, 2.24) is 0 Å². The van der Waals surface area contributed by atoms with Gasteiger partial charge in [0.1, 0.15) is 5.82 Å². The van der Waals surface area contributed by atoms with Gasteiger partial charge in [0.05, 0.1) is 13.5 Å². The van der Waals surface area contributed by atoms with E-state index in [1.165, 1.54) is 13.2 Å². The van der Waals surface area contributed by atoms with E-state index in [2.05, 4.69) is 10.1 Å². The van der Waals surface area contributed by atoms with Crippen LogP contribution in [0.25, 0.3) is 0 Å². The standard InChI is InChI=1S/C15H16FNO2S/c1-10-13(16)4-3-5-14(10)17-9-12-7-6-11(20-12)8-15(18)19-2/h3-7,17H,8-9H2,1-2H3. The minimum atomic E-state index is -0.243. The van der Waals surface area contributed by atoms with E-state index in [0.29, 0.717) is 18.5 Å². The molecule has 0 amide bonds. The number of halogens is 1. The number of ether oxygens (including phenoxy) is 1.